The number of amides is 1. The number of hydrogen-bond donors (Lipinski definition) is 1. The molecule has 0 saturated heterocycles. The molecule has 0 aliphatic carbocycles. The molecule has 1 amide bonds. The van der Waals surface area contributed by atoms with Crippen molar-refractivity contribution >= 4 is 45.7 Å². The minimum atomic E-state index is -0.183. The molecule has 0 atom stereocenters. The van der Waals surface area contributed by atoms with E-state index in [1.165, 1.54) is 11.3 Å². The summed E-state index contributed by atoms with van der Waals surface area (Å²) in [5.41, 5.74) is 0.923. The first-order valence-electron chi connectivity index (χ1n) is 7.56. The Bertz CT molecular complexity index is 913. The van der Waals surface area contributed by atoms with Crippen molar-refractivity contribution in [1.29, 1.82) is 0 Å². The molecule has 0 radical (unpaired) electrons. The Balaban J connectivity index is 1.46. The largest absolute Gasteiger partial charge is 0.484 e. The van der Waals surface area contributed by atoms with Crippen LogP contribution in [0.2, 0.25) is 5.02 Å². The molecule has 1 aromatic carbocycles. The maximum Gasteiger partial charge on any atom is 0.277 e. The van der Waals surface area contributed by atoms with Crippen LogP contribution in [-0.4, -0.2) is 26.8 Å². The van der Waals surface area contributed by atoms with E-state index in [4.69, 9.17) is 20.8 Å². The molecule has 0 unspecified atom stereocenters. The Morgan fingerprint density at radius 1 is 1.38 bits per heavy atom. The zero-order chi connectivity index (χ0) is 18.5. The lowest BCUT2D eigenvalue weighted by molar-refractivity contribution is -0.113. The van der Waals surface area contributed by atoms with E-state index >= 15 is 0 Å². The van der Waals surface area contributed by atoms with Crippen molar-refractivity contribution in [1.82, 2.24) is 15.2 Å². The van der Waals surface area contributed by atoms with Crippen LogP contribution in [0.5, 0.6) is 5.75 Å². The van der Waals surface area contributed by atoms with Gasteiger partial charge in [-0.2, -0.15) is 0 Å². The number of aryl methyl sites for hydroxylation is 2. The zero-order valence-electron chi connectivity index (χ0n) is 14.0. The van der Waals surface area contributed by atoms with Crippen molar-refractivity contribution in [3.8, 4) is 5.75 Å². The highest BCUT2D eigenvalue weighted by atomic mass is 35.5. The first kappa shape index (κ1) is 18.7. The van der Waals surface area contributed by atoms with E-state index in [-0.39, 0.29) is 18.3 Å². The second kappa shape index (κ2) is 8.52. The first-order chi connectivity index (χ1) is 12.5. The number of benzene rings is 1. The summed E-state index contributed by atoms with van der Waals surface area (Å²) in [6.07, 6.45) is 1.71. The van der Waals surface area contributed by atoms with Gasteiger partial charge in [0, 0.05) is 16.1 Å². The van der Waals surface area contributed by atoms with Gasteiger partial charge in [0.2, 0.25) is 5.91 Å². The second-order valence-electron chi connectivity index (χ2n) is 5.27. The van der Waals surface area contributed by atoms with Crippen molar-refractivity contribution < 1.29 is 13.9 Å². The zero-order valence-corrected chi connectivity index (χ0v) is 16.4. The normalized spacial score (nSPS) is 10.7. The molecule has 0 aliphatic heterocycles. The highest BCUT2D eigenvalue weighted by molar-refractivity contribution is 7.99. The molecule has 136 valence electrons. The highest BCUT2D eigenvalue weighted by Gasteiger charge is 2.11. The lowest BCUT2D eigenvalue weighted by Gasteiger charge is -2.05. The van der Waals surface area contributed by atoms with Gasteiger partial charge < -0.3 is 14.5 Å². The number of thiazole rings is 1. The fourth-order valence-electron chi connectivity index (χ4n) is 1.90. The van der Waals surface area contributed by atoms with Crippen molar-refractivity contribution in [3.63, 3.8) is 0 Å². The van der Waals surface area contributed by atoms with Crippen molar-refractivity contribution in [2.45, 2.75) is 25.7 Å². The van der Waals surface area contributed by atoms with Crippen LogP contribution in [0.15, 0.2) is 34.0 Å². The number of anilines is 1. The van der Waals surface area contributed by atoms with Crippen LogP contribution in [-0.2, 0) is 11.4 Å². The number of rotatable bonds is 7. The molecule has 3 aromatic rings. The quantitative estimate of drug-likeness (QED) is 0.586. The van der Waals surface area contributed by atoms with Gasteiger partial charge >= 0.3 is 0 Å². The number of ether oxygens (including phenoxy) is 1. The number of halogens is 1. The standard InChI is InChI=1S/C16H15ClN4O3S2/c1-9-5-11(3-4-12(9)17)23-7-14-20-21-16(24-14)25-8-13(22)19-15-18-6-10(2)26-15/h3-6H,7-8H2,1-2H3,(H,18,19,22). The number of nitrogens with zero attached hydrogens (tertiary/aromatic N) is 3. The van der Waals surface area contributed by atoms with Crippen LogP contribution < -0.4 is 10.1 Å². The van der Waals surface area contributed by atoms with Crippen molar-refractivity contribution in [3.05, 3.63) is 45.7 Å². The molecule has 0 saturated carbocycles. The summed E-state index contributed by atoms with van der Waals surface area (Å²) >= 11 is 8.55. The average Bonchev–Trinajstić information content (AvgIpc) is 3.23. The molecule has 2 aromatic heterocycles. The average molecular weight is 411 g/mol. The second-order valence-corrected chi connectivity index (χ2v) is 7.84. The van der Waals surface area contributed by atoms with Gasteiger partial charge in [-0.15, -0.1) is 21.5 Å². The van der Waals surface area contributed by atoms with E-state index in [2.05, 4.69) is 20.5 Å². The van der Waals surface area contributed by atoms with E-state index < -0.39 is 0 Å². The Kier molecular flexibility index (Phi) is 6.12. The van der Waals surface area contributed by atoms with Gasteiger partial charge in [-0.25, -0.2) is 4.98 Å². The smallest absolute Gasteiger partial charge is 0.277 e. The predicted octanol–water partition coefficient (Wildman–Crippen LogP) is 4.11. The molecule has 0 bridgehead atoms. The summed E-state index contributed by atoms with van der Waals surface area (Å²) in [6, 6.07) is 5.37. The maximum absolute atomic E-state index is 11.9. The maximum atomic E-state index is 11.9. The Morgan fingerprint density at radius 2 is 2.23 bits per heavy atom. The molecule has 2 heterocycles. The number of carbonyl (C=O) groups is 1. The number of hydrogen-bond acceptors (Lipinski definition) is 8. The molecule has 7 nitrogen and oxygen atoms in total. The summed E-state index contributed by atoms with van der Waals surface area (Å²) < 4.78 is 11.1. The Labute approximate surface area is 163 Å². The number of aromatic nitrogens is 3. The van der Waals surface area contributed by atoms with Crippen LogP contribution in [0.4, 0.5) is 5.13 Å². The van der Waals surface area contributed by atoms with Crippen molar-refractivity contribution in [2.75, 3.05) is 11.1 Å². The SMILES string of the molecule is Cc1cnc(NC(=O)CSc2nnc(COc3ccc(Cl)c(C)c3)o2)s1. The third-order valence-corrected chi connectivity index (χ3v) is 5.21. The van der Waals surface area contributed by atoms with Gasteiger partial charge in [0.15, 0.2) is 11.7 Å². The number of carbonyl (C=O) groups excluding carboxylic acids is 1. The number of thioether (sulfide) groups is 1. The van der Waals surface area contributed by atoms with Crippen LogP contribution >= 0.6 is 34.7 Å². The lowest BCUT2D eigenvalue weighted by atomic mass is 10.2. The predicted molar refractivity (Wildman–Crippen MR) is 101 cm³/mol. The monoisotopic (exact) mass is 410 g/mol. The Morgan fingerprint density at radius 3 is 2.96 bits per heavy atom. The first-order valence-corrected chi connectivity index (χ1v) is 9.74. The van der Waals surface area contributed by atoms with Crippen molar-refractivity contribution in [2.24, 2.45) is 0 Å². The highest BCUT2D eigenvalue weighted by Crippen LogP contribution is 2.23. The fraction of sp³-hybridized carbons (Fsp3) is 0.250. The van der Waals surface area contributed by atoms with E-state index in [0.29, 0.717) is 27.0 Å². The minimum Gasteiger partial charge on any atom is -0.484 e. The molecule has 10 heteroatoms. The fourth-order valence-corrected chi connectivity index (χ4v) is 3.28. The van der Waals surface area contributed by atoms with E-state index in [1.807, 2.05) is 19.9 Å². The molecule has 0 spiro atoms. The van der Waals surface area contributed by atoms with E-state index in [0.717, 1.165) is 22.2 Å². The van der Waals surface area contributed by atoms with Crippen LogP contribution in [0.1, 0.15) is 16.3 Å². The van der Waals surface area contributed by atoms with Gasteiger partial charge in [-0.1, -0.05) is 23.4 Å². The van der Waals surface area contributed by atoms with Gasteiger partial charge in [0.05, 0.1) is 5.75 Å². The van der Waals surface area contributed by atoms with Crippen LogP contribution in [0.3, 0.4) is 0 Å². The van der Waals surface area contributed by atoms with Gasteiger partial charge in [-0.05, 0) is 37.6 Å². The minimum absolute atomic E-state index is 0.138. The summed E-state index contributed by atoms with van der Waals surface area (Å²) in [5, 5.41) is 12.1. The summed E-state index contributed by atoms with van der Waals surface area (Å²) in [7, 11) is 0. The molecule has 0 fully saturated rings. The van der Waals surface area contributed by atoms with E-state index in [9.17, 15) is 4.79 Å². The molecule has 3 rings (SSSR count). The van der Waals surface area contributed by atoms with Gasteiger partial charge in [0.25, 0.3) is 11.1 Å². The summed E-state index contributed by atoms with van der Waals surface area (Å²) in [6.45, 7) is 3.96. The van der Waals surface area contributed by atoms with Crippen LogP contribution in [0, 0.1) is 13.8 Å². The van der Waals surface area contributed by atoms with Gasteiger partial charge in [0.1, 0.15) is 5.75 Å². The summed E-state index contributed by atoms with van der Waals surface area (Å²) in [4.78, 5) is 17.0. The molecule has 1 N–H and O–H groups in total. The third kappa shape index (κ3) is 5.20. The molecule has 26 heavy (non-hydrogen) atoms. The molecular weight excluding hydrogens is 396 g/mol. The molecular formula is C16H15ClN4O3S2. The molecule has 0 aliphatic rings. The third-order valence-electron chi connectivity index (χ3n) is 3.13. The Hall–Kier alpha value is -2.10. The summed E-state index contributed by atoms with van der Waals surface area (Å²) in [5.74, 6) is 0.961. The van der Waals surface area contributed by atoms with Crippen LogP contribution in [0.25, 0.3) is 0 Å². The van der Waals surface area contributed by atoms with E-state index in [1.54, 1.807) is 18.3 Å². The number of nitrogens with one attached hydrogen (secondary N) is 1. The lowest BCUT2D eigenvalue weighted by Crippen LogP contribution is -2.13. The van der Waals surface area contributed by atoms with Gasteiger partial charge in [-0.3, -0.25) is 4.79 Å². The topological polar surface area (TPSA) is 90.1 Å².